The molecule has 0 spiro atoms. The summed E-state index contributed by atoms with van der Waals surface area (Å²) >= 11 is 0. The summed E-state index contributed by atoms with van der Waals surface area (Å²) in [5.74, 6) is 0. The van der Waals surface area contributed by atoms with Crippen molar-refractivity contribution >= 4 is 20.4 Å². The fourth-order valence-electron chi connectivity index (χ4n) is 0.803. The van der Waals surface area contributed by atoms with E-state index in [0.29, 0.717) is 0 Å². The molecular formula is C5H10F4N2O4S2. The molecular weight excluding hydrogens is 292 g/mol. The third kappa shape index (κ3) is 7.46. The van der Waals surface area contributed by atoms with Gasteiger partial charge in [-0.3, -0.25) is 0 Å². The van der Waals surface area contributed by atoms with E-state index in [1.807, 2.05) is 0 Å². The minimum absolute atomic E-state index is 0.212. The average Bonchev–Trinajstić information content (AvgIpc) is 2.51. The van der Waals surface area contributed by atoms with Crippen LogP contribution in [0.3, 0.4) is 0 Å². The fraction of sp³-hybridized carbons (Fsp3) is 1.00. The minimum atomic E-state index is -6.17. The van der Waals surface area contributed by atoms with Crippen LogP contribution in [0.25, 0.3) is 0 Å². The smallest absolute Gasteiger partial charge is 0.317 e. The molecule has 1 saturated heterocycles. The van der Waals surface area contributed by atoms with E-state index in [9.17, 15) is 33.9 Å². The first-order valence-corrected chi connectivity index (χ1v) is 7.07. The molecule has 1 heterocycles. The van der Waals surface area contributed by atoms with Gasteiger partial charge in [-0.1, -0.05) is 8.01 Å². The molecule has 0 amide bonds. The van der Waals surface area contributed by atoms with E-state index in [2.05, 4.69) is 5.32 Å². The predicted octanol–water partition coefficient (Wildman–Crippen LogP) is 0.00970. The lowest BCUT2D eigenvalue weighted by atomic mass is 10.4. The van der Waals surface area contributed by atoms with Gasteiger partial charge in [0.1, 0.15) is 0 Å². The topological polar surface area (TPSA) is 92.3 Å². The van der Waals surface area contributed by atoms with Crippen LogP contribution in [0.1, 0.15) is 12.8 Å². The van der Waals surface area contributed by atoms with Crippen LogP contribution in [-0.4, -0.2) is 35.4 Å². The molecule has 0 aliphatic carbocycles. The van der Waals surface area contributed by atoms with Crippen LogP contribution < -0.4 is 9.44 Å². The molecule has 0 saturated carbocycles. The quantitative estimate of drug-likeness (QED) is 0.554. The zero-order chi connectivity index (χ0) is 13.7. The fourth-order valence-corrected chi connectivity index (χ4v) is 2.23. The lowest BCUT2D eigenvalue weighted by Gasteiger charge is -2.04. The highest BCUT2D eigenvalue weighted by Crippen LogP contribution is 2.22. The molecule has 12 heteroatoms. The van der Waals surface area contributed by atoms with Crippen molar-refractivity contribution in [2.45, 2.75) is 18.3 Å². The number of nitrogens with one attached hydrogen (secondary N) is 2. The Morgan fingerprint density at radius 1 is 1.00 bits per heavy atom. The Morgan fingerprint density at radius 2 is 1.41 bits per heavy atom. The Morgan fingerprint density at radius 3 is 1.53 bits per heavy atom. The number of sulfonamides is 1. The number of hydrogen-bond acceptors (Lipinski definition) is 5. The van der Waals surface area contributed by atoms with Crippen LogP contribution in [0.2, 0.25) is 0 Å². The maximum absolute atomic E-state index is 11.4. The molecule has 17 heavy (non-hydrogen) atoms. The summed E-state index contributed by atoms with van der Waals surface area (Å²) in [5.41, 5.74) is -5.86. The maximum atomic E-state index is 11.4. The first kappa shape index (κ1) is 16.5. The van der Waals surface area contributed by atoms with E-state index in [4.69, 9.17) is 0 Å². The van der Waals surface area contributed by atoms with Gasteiger partial charge >= 0.3 is 25.9 Å². The number of alkyl halides is 3. The maximum Gasteiger partial charge on any atom is 0.512 e. The number of halogens is 4. The van der Waals surface area contributed by atoms with Crippen molar-refractivity contribution in [2.75, 3.05) is 13.1 Å². The van der Waals surface area contributed by atoms with Gasteiger partial charge in [-0.05, 0) is 25.9 Å². The Kier molecular flexibility index (Phi) is 5.77. The van der Waals surface area contributed by atoms with Crippen LogP contribution >= 0.6 is 0 Å². The normalized spacial score (nSPS) is 17.4. The van der Waals surface area contributed by atoms with Gasteiger partial charge in [0.05, 0.1) is 0 Å². The zero-order valence-corrected chi connectivity index (χ0v) is 9.92. The van der Waals surface area contributed by atoms with E-state index in [-0.39, 0.29) is 4.13 Å². The summed E-state index contributed by atoms with van der Waals surface area (Å²) in [6.07, 6.45) is 2.78. The van der Waals surface area contributed by atoms with Crippen molar-refractivity contribution in [1.29, 1.82) is 0 Å². The van der Waals surface area contributed by atoms with Crippen molar-refractivity contribution in [3.05, 3.63) is 0 Å². The molecule has 0 unspecified atom stereocenters. The monoisotopic (exact) mass is 302 g/mol. The second kappa shape index (κ2) is 5.93. The lowest BCUT2D eigenvalue weighted by Crippen LogP contribution is -2.38. The SMILES string of the molecule is C1CCNC1.O=S(=O)(F)NS(=O)(=O)C(F)(F)F. The second-order valence-electron chi connectivity index (χ2n) is 2.93. The molecule has 0 radical (unpaired) electrons. The molecule has 104 valence electrons. The highest BCUT2D eigenvalue weighted by Gasteiger charge is 2.48. The summed E-state index contributed by atoms with van der Waals surface area (Å²) in [5, 5.41) is 3.22. The Bertz CT molecular complexity index is 418. The van der Waals surface area contributed by atoms with Crippen molar-refractivity contribution in [2.24, 2.45) is 0 Å². The highest BCUT2D eigenvalue weighted by atomic mass is 32.3. The summed E-state index contributed by atoms with van der Waals surface area (Å²) in [7, 11) is -12.1. The molecule has 0 bridgehead atoms. The van der Waals surface area contributed by atoms with E-state index < -0.39 is 25.9 Å². The van der Waals surface area contributed by atoms with Gasteiger partial charge in [-0.2, -0.15) is 21.6 Å². The Labute approximate surface area is 95.8 Å². The molecule has 1 rings (SSSR count). The van der Waals surface area contributed by atoms with Crippen LogP contribution in [-0.2, 0) is 20.4 Å². The van der Waals surface area contributed by atoms with E-state index >= 15 is 0 Å². The summed E-state index contributed by atoms with van der Waals surface area (Å²) in [6.45, 7) is 2.50. The largest absolute Gasteiger partial charge is 0.512 e. The number of rotatable bonds is 2. The summed E-state index contributed by atoms with van der Waals surface area (Å²) in [6, 6.07) is 0. The average molecular weight is 302 g/mol. The van der Waals surface area contributed by atoms with Gasteiger partial charge in [0, 0.05) is 0 Å². The van der Waals surface area contributed by atoms with Crippen LogP contribution in [0, 0.1) is 0 Å². The molecule has 1 aliphatic heterocycles. The van der Waals surface area contributed by atoms with Gasteiger partial charge in [0.15, 0.2) is 0 Å². The van der Waals surface area contributed by atoms with E-state index in [1.165, 1.54) is 25.9 Å². The molecule has 1 fully saturated rings. The van der Waals surface area contributed by atoms with E-state index in [0.717, 1.165) is 0 Å². The third-order valence-electron chi connectivity index (χ3n) is 1.47. The minimum Gasteiger partial charge on any atom is -0.317 e. The van der Waals surface area contributed by atoms with Crippen molar-refractivity contribution in [3.63, 3.8) is 0 Å². The van der Waals surface area contributed by atoms with Crippen molar-refractivity contribution < 1.29 is 33.9 Å². The molecule has 6 nitrogen and oxygen atoms in total. The number of hydrogen-bond donors (Lipinski definition) is 2. The highest BCUT2D eigenvalue weighted by molar-refractivity contribution is 8.03. The van der Waals surface area contributed by atoms with Gasteiger partial charge in [0.25, 0.3) is 0 Å². The van der Waals surface area contributed by atoms with Crippen molar-refractivity contribution in [1.82, 2.24) is 9.44 Å². The molecule has 0 aromatic heterocycles. The van der Waals surface area contributed by atoms with E-state index in [1.54, 1.807) is 0 Å². The van der Waals surface area contributed by atoms with Gasteiger partial charge in [-0.15, -0.1) is 0 Å². The van der Waals surface area contributed by atoms with Gasteiger partial charge in [0.2, 0.25) is 0 Å². The van der Waals surface area contributed by atoms with Gasteiger partial charge in [-0.25, -0.2) is 8.42 Å². The second-order valence-corrected chi connectivity index (χ2v) is 5.94. The van der Waals surface area contributed by atoms with Crippen LogP contribution in [0.5, 0.6) is 0 Å². The molecule has 0 aromatic carbocycles. The first-order chi connectivity index (χ1) is 7.46. The zero-order valence-electron chi connectivity index (χ0n) is 8.29. The first-order valence-electron chi connectivity index (χ1n) is 4.21. The van der Waals surface area contributed by atoms with Crippen LogP contribution in [0.4, 0.5) is 17.1 Å². The predicted molar refractivity (Wildman–Crippen MR) is 50.2 cm³/mol. The summed E-state index contributed by atoms with van der Waals surface area (Å²) in [4.78, 5) is 0. The van der Waals surface area contributed by atoms with Crippen LogP contribution in [0.15, 0.2) is 0 Å². The molecule has 2 N–H and O–H groups in total. The van der Waals surface area contributed by atoms with Crippen molar-refractivity contribution in [3.8, 4) is 0 Å². The molecule has 1 aliphatic rings. The molecule has 0 aromatic rings. The summed E-state index contributed by atoms with van der Waals surface area (Å²) < 4.78 is 83.5. The lowest BCUT2D eigenvalue weighted by molar-refractivity contribution is -0.0441. The Balaban J connectivity index is 0.000000419. The van der Waals surface area contributed by atoms with Gasteiger partial charge < -0.3 is 5.32 Å². The standard InChI is InChI=1S/C4H9N.CHF4NO4S2/c1-2-4-5-3-1;2-1(3,4)11(7,8)6-12(5,9)10/h5H,1-4H2;6H. The molecule has 0 atom stereocenters. The Hall–Kier alpha value is -0.460. The third-order valence-corrected chi connectivity index (χ3v) is 3.75.